The highest BCUT2D eigenvalue weighted by molar-refractivity contribution is 7.98. The predicted molar refractivity (Wildman–Crippen MR) is 125 cm³/mol. The third kappa shape index (κ3) is 4.04. The van der Waals surface area contributed by atoms with Crippen molar-refractivity contribution >= 4 is 39.0 Å². The predicted octanol–water partition coefficient (Wildman–Crippen LogP) is 4.00. The van der Waals surface area contributed by atoms with Crippen LogP contribution in [0, 0.1) is 0 Å². The van der Waals surface area contributed by atoms with Crippen molar-refractivity contribution in [2.45, 2.75) is 23.9 Å². The van der Waals surface area contributed by atoms with E-state index in [0.717, 1.165) is 6.42 Å². The van der Waals surface area contributed by atoms with Crippen LogP contribution < -0.4 is 11.1 Å². The maximum Gasteiger partial charge on any atom is 0.272 e. The molecule has 4 heterocycles. The van der Waals surface area contributed by atoms with Gasteiger partial charge in [-0.25, -0.2) is 9.97 Å². The van der Waals surface area contributed by atoms with Crippen molar-refractivity contribution in [3.8, 4) is 0 Å². The largest absolute Gasteiger partial charge is 0.286 e. The zero-order valence-electron chi connectivity index (χ0n) is 16.5. The van der Waals surface area contributed by atoms with E-state index in [1.807, 2.05) is 35.7 Å². The molecule has 0 fully saturated rings. The molecule has 0 atom stereocenters. The minimum Gasteiger partial charge on any atom is -0.286 e. The maximum atomic E-state index is 13.1. The highest BCUT2D eigenvalue weighted by Gasteiger charge is 2.14. The molecule has 0 aliphatic carbocycles. The number of pyridine rings is 1. The zero-order chi connectivity index (χ0) is 21.2. The number of fused-ring (bicyclic) bond motifs is 2. The lowest BCUT2D eigenvalue weighted by Crippen LogP contribution is -2.23. The average Bonchev–Trinajstić information content (AvgIpc) is 3.27. The quantitative estimate of drug-likeness (QED) is 0.291. The Kier molecular flexibility index (Phi) is 5.40. The number of aryl methyl sites for hydroxylation is 1. The van der Waals surface area contributed by atoms with Crippen LogP contribution >= 0.6 is 23.1 Å². The lowest BCUT2D eigenvalue weighted by Gasteiger charge is -2.12. The topological polar surface area (TPSA) is 69.3 Å². The minimum absolute atomic E-state index is 0.0232. The van der Waals surface area contributed by atoms with Crippen LogP contribution in [0.25, 0.3) is 15.9 Å². The molecule has 0 aliphatic rings. The van der Waals surface area contributed by atoms with Crippen molar-refractivity contribution in [2.24, 2.45) is 0 Å². The molecule has 0 saturated heterocycles. The lowest BCUT2D eigenvalue weighted by atomic mass is 10.1. The summed E-state index contributed by atoms with van der Waals surface area (Å²) in [6.45, 7) is 0.541. The second-order valence-corrected chi connectivity index (χ2v) is 8.88. The van der Waals surface area contributed by atoms with Crippen LogP contribution in [-0.2, 0) is 18.7 Å². The molecule has 0 radical (unpaired) electrons. The van der Waals surface area contributed by atoms with Crippen LogP contribution in [0.4, 0.5) is 0 Å². The number of rotatable bonds is 6. The molecule has 8 heteroatoms. The Morgan fingerprint density at radius 2 is 1.81 bits per heavy atom. The van der Waals surface area contributed by atoms with Gasteiger partial charge >= 0.3 is 0 Å². The summed E-state index contributed by atoms with van der Waals surface area (Å²) in [5.41, 5.74) is 3.00. The summed E-state index contributed by atoms with van der Waals surface area (Å²) in [5.74, 6) is 0.452. The number of hydrogen-bond donors (Lipinski definition) is 0. The first-order chi connectivity index (χ1) is 15.2. The van der Waals surface area contributed by atoms with Crippen LogP contribution in [0.5, 0.6) is 0 Å². The maximum absolute atomic E-state index is 13.1. The number of thioether (sulfide) groups is 1. The van der Waals surface area contributed by atoms with Crippen LogP contribution in [0.15, 0.2) is 87.0 Å². The number of nitrogens with zero attached hydrogens (tertiary/aromatic N) is 4. The lowest BCUT2D eigenvalue weighted by molar-refractivity contribution is 0.596. The average molecular weight is 447 g/mol. The first-order valence-corrected chi connectivity index (χ1v) is 11.7. The van der Waals surface area contributed by atoms with Gasteiger partial charge in [-0.3, -0.25) is 18.6 Å². The van der Waals surface area contributed by atoms with E-state index in [0.29, 0.717) is 39.0 Å². The van der Waals surface area contributed by atoms with Gasteiger partial charge in [0, 0.05) is 24.6 Å². The van der Waals surface area contributed by atoms with Crippen LogP contribution in [0.2, 0.25) is 0 Å². The second kappa shape index (κ2) is 8.49. The van der Waals surface area contributed by atoms with E-state index in [2.05, 4.69) is 17.1 Å². The minimum atomic E-state index is -0.121. The molecule has 0 amide bonds. The van der Waals surface area contributed by atoms with Gasteiger partial charge in [0.1, 0.15) is 10.3 Å². The molecule has 0 unspecified atom stereocenters. The molecule has 0 spiro atoms. The molecular formula is C23H18N4O2S2. The Hall–Kier alpha value is -3.23. The molecule has 0 N–H and O–H groups in total. The number of hydrogen-bond acceptors (Lipinski definition) is 6. The van der Waals surface area contributed by atoms with Crippen LogP contribution in [0.1, 0.15) is 11.3 Å². The molecule has 0 aliphatic heterocycles. The number of thiophene rings is 1. The fourth-order valence-corrected chi connectivity index (χ4v) is 5.13. The summed E-state index contributed by atoms with van der Waals surface area (Å²) in [5, 5.41) is 2.53. The van der Waals surface area contributed by atoms with Gasteiger partial charge in [0.25, 0.3) is 11.1 Å². The van der Waals surface area contributed by atoms with Crippen molar-refractivity contribution in [1.82, 2.24) is 18.9 Å². The molecule has 5 aromatic rings. The Labute approximate surface area is 185 Å². The highest BCUT2D eigenvalue weighted by atomic mass is 32.2. The third-order valence-electron chi connectivity index (χ3n) is 4.97. The summed E-state index contributed by atoms with van der Waals surface area (Å²) in [4.78, 5) is 34.8. The fourth-order valence-electron chi connectivity index (χ4n) is 3.43. The SMILES string of the molecule is O=c1c2sccc2nc(SCc2cc(=O)n3ccccc3n2)n1CCc1ccccc1. The number of aromatic nitrogens is 4. The standard InChI is InChI=1S/C23H18N4O2S2/c28-20-14-17(24-19-8-4-5-11-26(19)20)15-31-23-25-18-10-13-30-21(18)22(29)27(23)12-9-16-6-2-1-3-7-16/h1-8,10-11,13-14H,9,12,15H2. The van der Waals surface area contributed by atoms with Crippen LogP contribution in [0.3, 0.4) is 0 Å². The molecule has 0 saturated carbocycles. The summed E-state index contributed by atoms with van der Waals surface area (Å²) in [7, 11) is 0. The normalized spacial score (nSPS) is 11.4. The molecule has 1 aromatic carbocycles. The van der Waals surface area contributed by atoms with Gasteiger partial charge in [-0.05, 0) is 35.6 Å². The van der Waals surface area contributed by atoms with Gasteiger partial charge < -0.3 is 0 Å². The van der Waals surface area contributed by atoms with Gasteiger partial charge in [-0.15, -0.1) is 11.3 Å². The Morgan fingerprint density at radius 1 is 0.968 bits per heavy atom. The number of benzene rings is 1. The van der Waals surface area contributed by atoms with E-state index >= 15 is 0 Å². The first-order valence-electron chi connectivity index (χ1n) is 9.81. The summed E-state index contributed by atoms with van der Waals surface area (Å²) < 4.78 is 3.92. The first kappa shape index (κ1) is 19.7. The molecule has 6 nitrogen and oxygen atoms in total. The van der Waals surface area contributed by atoms with Crippen molar-refractivity contribution < 1.29 is 0 Å². The van der Waals surface area contributed by atoms with Crippen molar-refractivity contribution in [3.05, 3.63) is 104 Å². The molecule has 154 valence electrons. The summed E-state index contributed by atoms with van der Waals surface area (Å²) in [6.07, 6.45) is 2.44. The Morgan fingerprint density at radius 3 is 2.68 bits per heavy atom. The van der Waals surface area contributed by atoms with E-state index in [-0.39, 0.29) is 11.1 Å². The second-order valence-electron chi connectivity index (χ2n) is 7.02. The van der Waals surface area contributed by atoms with E-state index in [1.165, 1.54) is 39.1 Å². The van der Waals surface area contributed by atoms with E-state index in [4.69, 9.17) is 4.98 Å². The molecule has 31 heavy (non-hydrogen) atoms. The molecular weight excluding hydrogens is 428 g/mol. The van der Waals surface area contributed by atoms with Gasteiger partial charge in [0.15, 0.2) is 5.16 Å². The monoisotopic (exact) mass is 446 g/mol. The zero-order valence-corrected chi connectivity index (χ0v) is 18.1. The highest BCUT2D eigenvalue weighted by Crippen LogP contribution is 2.23. The summed E-state index contributed by atoms with van der Waals surface area (Å²) >= 11 is 2.85. The smallest absolute Gasteiger partial charge is 0.272 e. The van der Waals surface area contributed by atoms with E-state index in [1.54, 1.807) is 22.9 Å². The molecule has 5 rings (SSSR count). The van der Waals surface area contributed by atoms with Crippen molar-refractivity contribution in [3.63, 3.8) is 0 Å². The van der Waals surface area contributed by atoms with Crippen molar-refractivity contribution in [2.75, 3.05) is 0 Å². The van der Waals surface area contributed by atoms with E-state index in [9.17, 15) is 9.59 Å². The van der Waals surface area contributed by atoms with E-state index < -0.39 is 0 Å². The van der Waals surface area contributed by atoms with Gasteiger partial charge in [-0.2, -0.15) is 0 Å². The molecule has 4 aromatic heterocycles. The molecule has 0 bridgehead atoms. The van der Waals surface area contributed by atoms with Gasteiger partial charge in [0.05, 0.1) is 11.2 Å². The third-order valence-corrected chi connectivity index (χ3v) is 6.87. The van der Waals surface area contributed by atoms with Crippen LogP contribution in [-0.4, -0.2) is 18.9 Å². The Bertz CT molecular complexity index is 1490. The Balaban J connectivity index is 1.47. The van der Waals surface area contributed by atoms with Gasteiger partial charge in [-0.1, -0.05) is 48.2 Å². The van der Waals surface area contributed by atoms with Gasteiger partial charge in [0.2, 0.25) is 0 Å². The fraction of sp³-hybridized carbons (Fsp3) is 0.130. The van der Waals surface area contributed by atoms with Crippen molar-refractivity contribution in [1.29, 1.82) is 0 Å². The summed E-state index contributed by atoms with van der Waals surface area (Å²) in [6, 6.07) is 19.0.